The summed E-state index contributed by atoms with van der Waals surface area (Å²) in [5.74, 6) is -0.126. The first kappa shape index (κ1) is 12.7. The lowest BCUT2D eigenvalue weighted by Gasteiger charge is -2.02. The first-order valence-corrected chi connectivity index (χ1v) is 4.77. The third-order valence-electron chi connectivity index (χ3n) is 1.73. The molecular weight excluding hydrogens is 224 g/mol. The second kappa shape index (κ2) is 6.97. The number of rotatable bonds is 6. The molecule has 0 spiro atoms. The Labute approximate surface area is 97.7 Å². The van der Waals surface area contributed by atoms with E-state index in [0.717, 1.165) is 0 Å². The van der Waals surface area contributed by atoms with Crippen LogP contribution in [0.4, 0.5) is 5.95 Å². The maximum atomic E-state index is 11.5. The summed E-state index contributed by atoms with van der Waals surface area (Å²) in [6.07, 6.45) is 2.56. The Kier molecular flexibility index (Phi) is 5.19. The van der Waals surface area contributed by atoms with Crippen LogP contribution in [0.15, 0.2) is 18.1 Å². The highest BCUT2D eigenvalue weighted by atomic mass is 16.5. The molecule has 90 valence electrons. The van der Waals surface area contributed by atoms with Crippen LogP contribution < -0.4 is 10.6 Å². The van der Waals surface area contributed by atoms with Crippen LogP contribution in [0.25, 0.3) is 0 Å². The zero-order valence-corrected chi connectivity index (χ0v) is 9.23. The molecule has 1 aromatic rings. The van der Waals surface area contributed by atoms with Gasteiger partial charge in [0, 0.05) is 19.9 Å². The number of H-pyrrole nitrogens is 1. The van der Waals surface area contributed by atoms with E-state index in [9.17, 15) is 4.79 Å². The van der Waals surface area contributed by atoms with Crippen LogP contribution >= 0.6 is 0 Å². The van der Waals surface area contributed by atoms with Crippen molar-refractivity contribution < 1.29 is 9.53 Å². The number of nitrogens with zero attached hydrogens (tertiary/aromatic N) is 3. The third kappa shape index (κ3) is 4.31. The lowest BCUT2D eigenvalue weighted by molar-refractivity contribution is -0.117. The van der Waals surface area contributed by atoms with Crippen molar-refractivity contribution in [3.63, 3.8) is 0 Å². The van der Waals surface area contributed by atoms with Crippen molar-refractivity contribution in [1.29, 1.82) is 5.26 Å². The van der Waals surface area contributed by atoms with E-state index >= 15 is 0 Å². The van der Waals surface area contributed by atoms with Gasteiger partial charge in [0.2, 0.25) is 5.95 Å². The van der Waals surface area contributed by atoms with Crippen molar-refractivity contribution in [2.45, 2.75) is 0 Å². The number of anilines is 1. The minimum atomic E-state index is -0.475. The topological polar surface area (TPSA) is 116 Å². The first-order valence-electron chi connectivity index (χ1n) is 4.77. The summed E-state index contributed by atoms with van der Waals surface area (Å²) < 4.78 is 4.77. The summed E-state index contributed by atoms with van der Waals surface area (Å²) >= 11 is 0. The first-order chi connectivity index (χ1) is 8.27. The summed E-state index contributed by atoms with van der Waals surface area (Å²) in [6.45, 7) is 0.733. The lowest BCUT2D eigenvalue weighted by Crippen LogP contribution is -2.28. The van der Waals surface area contributed by atoms with Gasteiger partial charge in [0.05, 0.1) is 6.61 Å². The average molecular weight is 236 g/mol. The zero-order valence-electron chi connectivity index (χ0n) is 9.23. The van der Waals surface area contributed by atoms with Crippen LogP contribution in [0.5, 0.6) is 0 Å². The molecule has 1 heterocycles. The van der Waals surface area contributed by atoms with Crippen LogP contribution in [0, 0.1) is 11.3 Å². The molecular formula is C9H12N6O2. The number of carbonyl (C=O) groups excluding carboxylic acids is 1. The smallest absolute Gasteiger partial charge is 0.263 e. The number of amides is 1. The van der Waals surface area contributed by atoms with Crippen LogP contribution in [-0.2, 0) is 9.53 Å². The number of nitrogens with one attached hydrogen (secondary N) is 3. The fourth-order valence-corrected chi connectivity index (χ4v) is 0.926. The number of nitriles is 1. The van der Waals surface area contributed by atoms with Gasteiger partial charge >= 0.3 is 0 Å². The maximum absolute atomic E-state index is 11.5. The molecule has 3 N–H and O–H groups in total. The van der Waals surface area contributed by atoms with Crippen molar-refractivity contribution in [3.8, 4) is 6.07 Å². The molecule has 0 saturated carbocycles. The molecule has 1 amide bonds. The highest BCUT2D eigenvalue weighted by Crippen LogP contribution is 1.96. The highest BCUT2D eigenvalue weighted by Gasteiger charge is 2.07. The highest BCUT2D eigenvalue weighted by molar-refractivity contribution is 5.97. The standard InChI is InChI=1S/C9H12N6O2/c1-17-3-2-11-8(16)7(4-10)5-12-9-13-6-14-15-9/h5-6H,2-3H2,1H3,(H,11,16)(H2,12,13,14,15)/b7-5-. The lowest BCUT2D eigenvalue weighted by atomic mass is 10.3. The molecule has 0 atom stereocenters. The molecule has 1 aromatic heterocycles. The number of aromatic nitrogens is 3. The van der Waals surface area contributed by atoms with Crippen molar-refractivity contribution in [1.82, 2.24) is 20.5 Å². The second-order valence-electron chi connectivity index (χ2n) is 2.90. The van der Waals surface area contributed by atoms with E-state index in [1.807, 2.05) is 0 Å². The predicted octanol–water partition coefficient (Wildman–Crippen LogP) is -0.613. The molecule has 17 heavy (non-hydrogen) atoms. The Morgan fingerprint density at radius 2 is 2.59 bits per heavy atom. The van der Waals surface area contributed by atoms with Crippen LogP contribution in [0.1, 0.15) is 0 Å². The van der Waals surface area contributed by atoms with Gasteiger partial charge in [0.15, 0.2) is 0 Å². The van der Waals surface area contributed by atoms with E-state index in [2.05, 4.69) is 25.8 Å². The largest absolute Gasteiger partial charge is 0.383 e. The number of hydrogen-bond donors (Lipinski definition) is 3. The summed E-state index contributed by atoms with van der Waals surface area (Å²) in [5, 5.41) is 20.1. The molecule has 0 aliphatic rings. The van der Waals surface area contributed by atoms with Gasteiger partial charge in [-0.15, -0.1) is 0 Å². The zero-order chi connectivity index (χ0) is 12.5. The predicted molar refractivity (Wildman–Crippen MR) is 58.6 cm³/mol. The van der Waals surface area contributed by atoms with Gasteiger partial charge in [-0.25, -0.2) is 5.10 Å². The van der Waals surface area contributed by atoms with E-state index in [-0.39, 0.29) is 5.57 Å². The Morgan fingerprint density at radius 1 is 1.76 bits per heavy atom. The van der Waals surface area contributed by atoms with E-state index in [1.165, 1.54) is 19.6 Å². The van der Waals surface area contributed by atoms with Gasteiger partial charge in [0.25, 0.3) is 5.91 Å². The van der Waals surface area contributed by atoms with Crippen molar-refractivity contribution in [2.75, 3.05) is 25.6 Å². The average Bonchev–Trinajstić information content (AvgIpc) is 2.83. The summed E-state index contributed by atoms with van der Waals surface area (Å²) in [7, 11) is 1.53. The molecule has 0 aliphatic heterocycles. The van der Waals surface area contributed by atoms with Crippen molar-refractivity contribution >= 4 is 11.9 Å². The molecule has 0 aliphatic carbocycles. The van der Waals surface area contributed by atoms with Gasteiger partial charge in [-0.05, 0) is 0 Å². The van der Waals surface area contributed by atoms with Gasteiger partial charge in [-0.3, -0.25) is 4.79 Å². The Morgan fingerprint density at radius 3 is 3.18 bits per heavy atom. The second-order valence-corrected chi connectivity index (χ2v) is 2.90. The Bertz CT molecular complexity index is 419. The van der Waals surface area contributed by atoms with E-state index < -0.39 is 5.91 Å². The SMILES string of the molecule is COCCNC(=O)/C(C#N)=C\Nc1ncn[nH]1. The molecule has 8 heteroatoms. The number of hydrogen-bond acceptors (Lipinski definition) is 6. The number of methoxy groups -OCH3 is 1. The number of aromatic amines is 1. The van der Waals surface area contributed by atoms with Crippen molar-refractivity contribution in [3.05, 3.63) is 18.1 Å². The quantitative estimate of drug-likeness (QED) is 0.344. The molecule has 0 unspecified atom stereocenters. The van der Waals surface area contributed by atoms with Gasteiger partial charge < -0.3 is 15.4 Å². The molecule has 1 rings (SSSR count). The van der Waals surface area contributed by atoms with E-state index in [4.69, 9.17) is 10.00 Å². The molecule has 0 saturated heterocycles. The van der Waals surface area contributed by atoms with Crippen LogP contribution in [0.3, 0.4) is 0 Å². The summed E-state index contributed by atoms with van der Waals surface area (Å²) in [6, 6.07) is 1.77. The number of carbonyl (C=O) groups is 1. The van der Waals surface area contributed by atoms with E-state index in [1.54, 1.807) is 6.07 Å². The van der Waals surface area contributed by atoms with Gasteiger partial charge in [-0.1, -0.05) is 0 Å². The van der Waals surface area contributed by atoms with Crippen LogP contribution in [0.2, 0.25) is 0 Å². The number of ether oxygens (including phenoxy) is 1. The van der Waals surface area contributed by atoms with E-state index in [0.29, 0.717) is 19.1 Å². The van der Waals surface area contributed by atoms with Gasteiger partial charge in [0.1, 0.15) is 18.0 Å². The minimum Gasteiger partial charge on any atom is -0.383 e. The summed E-state index contributed by atoms with van der Waals surface area (Å²) in [5.41, 5.74) is -0.0579. The molecule has 0 aromatic carbocycles. The Hall–Kier alpha value is -2.40. The molecule has 0 fully saturated rings. The monoisotopic (exact) mass is 236 g/mol. The third-order valence-corrected chi connectivity index (χ3v) is 1.73. The Balaban J connectivity index is 2.49. The minimum absolute atomic E-state index is 0.0579. The van der Waals surface area contributed by atoms with Crippen LogP contribution in [-0.4, -0.2) is 41.3 Å². The fourth-order valence-electron chi connectivity index (χ4n) is 0.926. The van der Waals surface area contributed by atoms with Crippen molar-refractivity contribution in [2.24, 2.45) is 0 Å². The fraction of sp³-hybridized carbons (Fsp3) is 0.333. The maximum Gasteiger partial charge on any atom is 0.263 e. The normalized spacial score (nSPS) is 10.7. The molecule has 8 nitrogen and oxygen atoms in total. The molecule has 0 radical (unpaired) electrons. The molecule has 0 bridgehead atoms. The summed E-state index contributed by atoms with van der Waals surface area (Å²) in [4.78, 5) is 15.2. The van der Waals surface area contributed by atoms with Gasteiger partial charge in [-0.2, -0.15) is 15.3 Å².